The van der Waals surface area contributed by atoms with E-state index in [-0.39, 0.29) is 17.4 Å². The van der Waals surface area contributed by atoms with Crippen LogP contribution in [-0.4, -0.2) is 74.1 Å². The Hall–Kier alpha value is -1.99. The number of amides is 2. The molecule has 25 heavy (non-hydrogen) atoms. The molecule has 6 nitrogen and oxygen atoms in total. The summed E-state index contributed by atoms with van der Waals surface area (Å²) in [6.07, 6.45) is 0.821. The van der Waals surface area contributed by atoms with E-state index < -0.39 is 11.7 Å². The van der Waals surface area contributed by atoms with Gasteiger partial charge in [0.05, 0.1) is 18.1 Å². The van der Waals surface area contributed by atoms with Gasteiger partial charge in [-0.1, -0.05) is 12.1 Å². The fraction of sp³-hybridized carbons (Fsp3) is 0.556. The Morgan fingerprint density at radius 2 is 1.96 bits per heavy atom. The van der Waals surface area contributed by atoms with Gasteiger partial charge < -0.3 is 15.0 Å². The Morgan fingerprint density at radius 1 is 1.20 bits per heavy atom. The highest BCUT2D eigenvalue weighted by Gasteiger charge is 2.29. The third-order valence-corrected chi connectivity index (χ3v) is 4.79. The van der Waals surface area contributed by atoms with E-state index in [1.165, 1.54) is 12.1 Å². The summed E-state index contributed by atoms with van der Waals surface area (Å²) in [6.45, 7) is 5.35. The highest BCUT2D eigenvalue weighted by Crippen LogP contribution is 2.16. The summed E-state index contributed by atoms with van der Waals surface area (Å²) in [5.41, 5.74) is 0.0664. The molecule has 0 aromatic heterocycles. The minimum absolute atomic E-state index is 0.0200. The summed E-state index contributed by atoms with van der Waals surface area (Å²) in [5, 5.41) is 2.75. The quantitative estimate of drug-likeness (QED) is 0.852. The predicted octanol–water partition coefficient (Wildman–Crippen LogP) is 0.736. The Morgan fingerprint density at radius 3 is 2.64 bits per heavy atom. The molecule has 2 saturated heterocycles. The van der Waals surface area contributed by atoms with Crippen LogP contribution in [0.4, 0.5) is 4.39 Å². The maximum Gasteiger partial charge on any atom is 0.254 e. The van der Waals surface area contributed by atoms with Crippen LogP contribution in [0.5, 0.6) is 0 Å². The molecule has 2 fully saturated rings. The molecule has 0 bridgehead atoms. The van der Waals surface area contributed by atoms with E-state index in [1.54, 1.807) is 12.1 Å². The van der Waals surface area contributed by atoms with Crippen molar-refractivity contribution in [1.29, 1.82) is 0 Å². The first-order valence-corrected chi connectivity index (χ1v) is 8.77. The molecular weight excluding hydrogens is 325 g/mol. The minimum atomic E-state index is -0.511. The smallest absolute Gasteiger partial charge is 0.254 e. The Bertz CT molecular complexity index is 611. The second-order valence-corrected chi connectivity index (χ2v) is 6.46. The third-order valence-electron chi connectivity index (χ3n) is 4.79. The van der Waals surface area contributed by atoms with Crippen LogP contribution in [-0.2, 0) is 9.53 Å². The largest absolute Gasteiger partial charge is 0.381 e. The molecule has 0 unspecified atom stereocenters. The van der Waals surface area contributed by atoms with Gasteiger partial charge in [0.2, 0.25) is 5.91 Å². The number of nitrogens with zero attached hydrogens (tertiary/aromatic N) is 2. The highest BCUT2D eigenvalue weighted by atomic mass is 19.1. The zero-order chi connectivity index (χ0) is 17.6. The summed E-state index contributed by atoms with van der Waals surface area (Å²) >= 11 is 0. The van der Waals surface area contributed by atoms with Crippen molar-refractivity contribution in [2.75, 3.05) is 52.5 Å². The molecule has 0 aliphatic carbocycles. The normalized spacial score (nSPS) is 21.3. The second-order valence-electron chi connectivity index (χ2n) is 6.46. The van der Waals surface area contributed by atoms with Crippen LogP contribution in [0.2, 0.25) is 0 Å². The van der Waals surface area contributed by atoms with Crippen molar-refractivity contribution in [2.24, 2.45) is 5.92 Å². The van der Waals surface area contributed by atoms with E-state index in [4.69, 9.17) is 4.74 Å². The lowest BCUT2D eigenvalue weighted by atomic mass is 10.1. The molecule has 136 valence electrons. The number of carbonyl (C=O) groups is 2. The van der Waals surface area contributed by atoms with E-state index >= 15 is 0 Å². The molecule has 1 aromatic carbocycles. The molecule has 2 heterocycles. The standard InChI is InChI=1S/C18H24FN3O3/c19-16-4-2-1-3-15(16)17(23)20-6-7-21-8-10-22(11-9-21)18(24)14-5-12-25-13-14/h1-4,14H,5-13H2,(H,20,23)/t14-/m1/s1. The first kappa shape index (κ1) is 17.8. The summed E-state index contributed by atoms with van der Waals surface area (Å²) < 4.78 is 18.8. The lowest BCUT2D eigenvalue weighted by Crippen LogP contribution is -2.51. The van der Waals surface area contributed by atoms with Crippen LogP contribution in [0, 0.1) is 11.7 Å². The van der Waals surface area contributed by atoms with Gasteiger partial charge in [-0.25, -0.2) is 4.39 Å². The van der Waals surface area contributed by atoms with E-state index in [1.807, 2.05) is 4.90 Å². The zero-order valence-corrected chi connectivity index (χ0v) is 14.2. The average Bonchev–Trinajstić information content (AvgIpc) is 3.16. The number of hydrogen-bond donors (Lipinski definition) is 1. The van der Waals surface area contributed by atoms with Crippen LogP contribution in [0.15, 0.2) is 24.3 Å². The average molecular weight is 349 g/mol. The van der Waals surface area contributed by atoms with Crippen molar-refractivity contribution >= 4 is 11.8 Å². The summed E-state index contributed by atoms with van der Waals surface area (Å²) in [6, 6.07) is 5.95. The predicted molar refractivity (Wildman–Crippen MR) is 90.7 cm³/mol. The Labute approximate surface area is 146 Å². The van der Waals surface area contributed by atoms with Gasteiger partial charge in [0.15, 0.2) is 0 Å². The third kappa shape index (κ3) is 4.55. The van der Waals surface area contributed by atoms with E-state index in [9.17, 15) is 14.0 Å². The molecule has 1 aromatic rings. The van der Waals surface area contributed by atoms with Gasteiger partial charge in [-0.05, 0) is 18.6 Å². The highest BCUT2D eigenvalue weighted by molar-refractivity contribution is 5.94. The van der Waals surface area contributed by atoms with Crippen LogP contribution < -0.4 is 5.32 Å². The SMILES string of the molecule is O=C(NCCN1CCN(C(=O)[C@@H]2CCOC2)CC1)c1ccccc1F. The van der Waals surface area contributed by atoms with Crippen molar-refractivity contribution in [3.63, 3.8) is 0 Å². The van der Waals surface area contributed by atoms with Crippen molar-refractivity contribution in [2.45, 2.75) is 6.42 Å². The van der Waals surface area contributed by atoms with Crippen LogP contribution in [0.25, 0.3) is 0 Å². The molecule has 1 N–H and O–H groups in total. The van der Waals surface area contributed by atoms with Gasteiger partial charge in [-0.3, -0.25) is 14.5 Å². The van der Waals surface area contributed by atoms with E-state index in [2.05, 4.69) is 10.2 Å². The summed E-state index contributed by atoms with van der Waals surface area (Å²) in [4.78, 5) is 28.4. The lowest BCUT2D eigenvalue weighted by molar-refractivity contribution is -0.137. The lowest BCUT2D eigenvalue weighted by Gasteiger charge is -2.35. The molecule has 0 radical (unpaired) electrons. The molecular formula is C18H24FN3O3. The number of halogens is 1. The van der Waals surface area contributed by atoms with E-state index in [0.29, 0.717) is 39.4 Å². The number of piperazine rings is 1. The van der Waals surface area contributed by atoms with Gasteiger partial charge in [-0.15, -0.1) is 0 Å². The number of rotatable bonds is 5. The molecule has 2 aliphatic rings. The van der Waals surface area contributed by atoms with Gasteiger partial charge in [0.1, 0.15) is 5.82 Å². The van der Waals surface area contributed by atoms with Crippen LogP contribution in [0.1, 0.15) is 16.8 Å². The van der Waals surface area contributed by atoms with Crippen molar-refractivity contribution in [1.82, 2.24) is 15.1 Å². The Kier molecular flexibility index (Phi) is 5.99. The maximum atomic E-state index is 13.6. The monoisotopic (exact) mass is 349 g/mol. The molecule has 0 saturated carbocycles. The number of hydrogen-bond acceptors (Lipinski definition) is 4. The fourth-order valence-electron chi connectivity index (χ4n) is 3.25. The van der Waals surface area contributed by atoms with Crippen molar-refractivity contribution < 1.29 is 18.7 Å². The van der Waals surface area contributed by atoms with E-state index in [0.717, 1.165) is 19.5 Å². The van der Waals surface area contributed by atoms with Gasteiger partial charge in [0.25, 0.3) is 5.91 Å². The van der Waals surface area contributed by atoms with Gasteiger partial charge in [-0.2, -0.15) is 0 Å². The summed E-state index contributed by atoms with van der Waals surface area (Å²) in [7, 11) is 0. The first-order chi connectivity index (χ1) is 12.1. The second kappa shape index (κ2) is 8.40. The van der Waals surface area contributed by atoms with Crippen molar-refractivity contribution in [3.05, 3.63) is 35.6 Å². The van der Waals surface area contributed by atoms with Crippen LogP contribution >= 0.6 is 0 Å². The molecule has 2 aliphatic heterocycles. The molecule has 3 rings (SSSR count). The molecule has 2 amide bonds. The maximum absolute atomic E-state index is 13.6. The van der Waals surface area contributed by atoms with Gasteiger partial charge >= 0.3 is 0 Å². The molecule has 0 spiro atoms. The number of benzene rings is 1. The Balaban J connectivity index is 1.37. The minimum Gasteiger partial charge on any atom is -0.381 e. The number of nitrogens with one attached hydrogen (secondary N) is 1. The topological polar surface area (TPSA) is 61.9 Å². The first-order valence-electron chi connectivity index (χ1n) is 8.77. The van der Waals surface area contributed by atoms with Crippen LogP contribution in [0.3, 0.4) is 0 Å². The van der Waals surface area contributed by atoms with Gasteiger partial charge in [0, 0.05) is 45.9 Å². The number of ether oxygens (including phenoxy) is 1. The molecule has 7 heteroatoms. The summed E-state index contributed by atoms with van der Waals surface area (Å²) in [5.74, 6) is -0.687. The molecule has 1 atom stereocenters. The van der Waals surface area contributed by atoms with Crippen molar-refractivity contribution in [3.8, 4) is 0 Å². The number of carbonyl (C=O) groups excluding carboxylic acids is 2. The zero-order valence-electron chi connectivity index (χ0n) is 14.2. The fourth-order valence-corrected chi connectivity index (χ4v) is 3.25.